The molecule has 0 bridgehead atoms. The average Bonchev–Trinajstić information content (AvgIpc) is 2.87. The maximum atomic E-state index is 12.7. The fraction of sp³-hybridized carbons (Fsp3) is 0.750. The number of carbonyl (C=O) groups is 1. The van der Waals surface area contributed by atoms with E-state index in [4.69, 9.17) is 9.93 Å². The molecule has 0 saturated carbocycles. The van der Waals surface area contributed by atoms with E-state index in [0.717, 1.165) is 0 Å². The Hall–Kier alpha value is -1.24. The van der Waals surface area contributed by atoms with Gasteiger partial charge >= 0.3 is 10.2 Å². The van der Waals surface area contributed by atoms with Gasteiger partial charge < -0.3 is 4.52 Å². The number of hydrogen-bond acceptors (Lipinski definition) is 6. The highest BCUT2D eigenvalue weighted by Crippen LogP contribution is 2.15. The van der Waals surface area contributed by atoms with Gasteiger partial charge in [0.1, 0.15) is 5.78 Å². The van der Waals surface area contributed by atoms with E-state index in [-0.39, 0.29) is 35.6 Å². The monoisotopic (exact) mass is 424 g/mol. The minimum Gasteiger partial charge on any atom is -0.379 e. The number of nitrogens with zero attached hydrogens (tertiary/aromatic N) is 5. The van der Waals surface area contributed by atoms with Gasteiger partial charge in [-0.25, -0.2) is 0 Å². The Morgan fingerprint density at radius 2 is 2.08 bits per heavy atom. The number of halogens is 1. The molecular formula is C12H21BrN6O4S. The van der Waals surface area contributed by atoms with Crippen LogP contribution in [-0.4, -0.2) is 61.6 Å². The van der Waals surface area contributed by atoms with Crippen molar-refractivity contribution in [2.75, 3.05) is 37.7 Å². The van der Waals surface area contributed by atoms with Gasteiger partial charge in [0, 0.05) is 48.7 Å². The fourth-order valence-electron chi connectivity index (χ4n) is 2.64. The smallest absolute Gasteiger partial charge is 0.332 e. The van der Waals surface area contributed by atoms with E-state index in [1.807, 2.05) is 0 Å². The molecule has 1 N–H and O–H groups in total. The van der Waals surface area contributed by atoms with Gasteiger partial charge in [0.2, 0.25) is 0 Å². The number of carbonyl (C=O) groups excluding carboxylic acids is 1. The minimum absolute atomic E-state index is 0.0216. The Balaban J connectivity index is 2.30. The van der Waals surface area contributed by atoms with Gasteiger partial charge in [-0.1, -0.05) is 18.6 Å². The maximum absolute atomic E-state index is 12.7. The molecule has 2 heterocycles. The van der Waals surface area contributed by atoms with Crippen LogP contribution < -0.4 is 20.6 Å². The van der Waals surface area contributed by atoms with E-state index in [1.54, 1.807) is 18.9 Å². The van der Waals surface area contributed by atoms with E-state index in [1.165, 1.54) is 20.3 Å². The third kappa shape index (κ3) is 3.41. The quantitative estimate of drug-likeness (QED) is 0.559. The van der Waals surface area contributed by atoms with Crippen molar-refractivity contribution < 1.29 is 22.5 Å². The standard InChI is InChI=1S/C12H21BrN6O4S/c1-4-16(5-2)24(21,22)17-6-7-18(10(8-17)9(3)20)19-11(13)12(14)23-15-19/h10,14H,4-8H2,1-3H3. The molecule has 1 fully saturated rings. The summed E-state index contributed by atoms with van der Waals surface area (Å²) in [6.45, 7) is 6.18. The van der Waals surface area contributed by atoms with Crippen LogP contribution in [0, 0.1) is 5.41 Å². The molecular weight excluding hydrogens is 404 g/mol. The first-order valence-electron chi connectivity index (χ1n) is 7.55. The van der Waals surface area contributed by atoms with Crippen molar-refractivity contribution in [1.82, 2.24) is 13.9 Å². The van der Waals surface area contributed by atoms with Gasteiger partial charge in [-0.15, -0.1) is 0 Å². The predicted molar refractivity (Wildman–Crippen MR) is 86.7 cm³/mol. The van der Waals surface area contributed by atoms with Crippen LogP contribution >= 0.6 is 15.9 Å². The molecule has 136 valence electrons. The lowest BCUT2D eigenvalue weighted by molar-refractivity contribution is -0.775. The van der Waals surface area contributed by atoms with Gasteiger partial charge in [-0.05, 0) is 12.2 Å². The summed E-state index contributed by atoms with van der Waals surface area (Å²) >= 11 is 3.19. The first kappa shape index (κ1) is 19.1. The van der Waals surface area contributed by atoms with Crippen molar-refractivity contribution in [3.05, 3.63) is 10.2 Å². The summed E-state index contributed by atoms with van der Waals surface area (Å²) in [5, 5.41) is 12.9. The zero-order chi connectivity index (χ0) is 18.1. The van der Waals surface area contributed by atoms with E-state index in [2.05, 4.69) is 21.2 Å². The third-order valence-corrected chi connectivity index (χ3v) is 6.79. The second-order valence-electron chi connectivity index (χ2n) is 5.32. The molecule has 2 rings (SSSR count). The molecule has 1 unspecified atom stereocenters. The predicted octanol–water partition coefficient (Wildman–Crippen LogP) is -1.44. The minimum atomic E-state index is -3.62. The van der Waals surface area contributed by atoms with Crippen LogP contribution in [0.4, 0.5) is 0 Å². The molecule has 1 aliphatic heterocycles. The molecule has 10 nitrogen and oxygen atoms in total. The molecule has 0 amide bonds. The van der Waals surface area contributed by atoms with Crippen LogP contribution in [0.25, 0.3) is 0 Å². The van der Waals surface area contributed by atoms with Gasteiger partial charge in [0.05, 0.1) is 6.04 Å². The number of rotatable bonds is 6. The average molecular weight is 425 g/mol. The van der Waals surface area contributed by atoms with Crippen LogP contribution in [0.15, 0.2) is 9.13 Å². The summed E-state index contributed by atoms with van der Waals surface area (Å²) in [6, 6.07) is -0.713. The Labute approximate surface area is 148 Å². The molecule has 1 aromatic rings. The number of piperazine rings is 1. The van der Waals surface area contributed by atoms with E-state index >= 15 is 0 Å². The van der Waals surface area contributed by atoms with Gasteiger partial charge in [0.25, 0.3) is 10.2 Å². The Kier molecular flexibility index (Phi) is 5.83. The maximum Gasteiger partial charge on any atom is 0.332 e. The van der Waals surface area contributed by atoms with E-state index in [9.17, 15) is 13.2 Å². The van der Waals surface area contributed by atoms with Crippen molar-refractivity contribution in [3.63, 3.8) is 0 Å². The van der Waals surface area contributed by atoms with Crippen molar-refractivity contribution in [1.29, 1.82) is 5.41 Å². The molecule has 0 aliphatic carbocycles. The second-order valence-corrected chi connectivity index (χ2v) is 8.00. The highest BCUT2D eigenvalue weighted by molar-refractivity contribution is 9.10. The lowest BCUT2D eigenvalue weighted by Gasteiger charge is -2.41. The highest BCUT2D eigenvalue weighted by Gasteiger charge is 2.38. The summed E-state index contributed by atoms with van der Waals surface area (Å²) in [5.74, 6) is -0.191. The van der Waals surface area contributed by atoms with Crippen molar-refractivity contribution in [2.24, 2.45) is 0 Å². The van der Waals surface area contributed by atoms with Crippen LogP contribution in [0.5, 0.6) is 0 Å². The Bertz CT molecular complexity index is 756. The van der Waals surface area contributed by atoms with E-state index < -0.39 is 16.3 Å². The number of Topliss-reactive ketones (excluding diaryl/α,β-unsaturated/α-hetero) is 1. The highest BCUT2D eigenvalue weighted by atomic mass is 79.9. The summed E-state index contributed by atoms with van der Waals surface area (Å²) in [5.41, 5.74) is -0.171. The second kappa shape index (κ2) is 7.33. The number of hydrogen-bond donors (Lipinski definition) is 1. The van der Waals surface area contributed by atoms with Gasteiger partial charge in [0.15, 0.2) is 0 Å². The third-order valence-electron chi connectivity index (χ3n) is 3.96. The Morgan fingerprint density at radius 3 is 2.54 bits per heavy atom. The normalized spacial score (nSPS) is 19.9. The Morgan fingerprint density at radius 1 is 1.46 bits per heavy atom. The van der Waals surface area contributed by atoms with Crippen molar-refractivity contribution >= 4 is 31.9 Å². The first-order valence-corrected chi connectivity index (χ1v) is 9.74. The summed E-state index contributed by atoms with van der Waals surface area (Å²) in [4.78, 5) is 13.4. The molecule has 12 heteroatoms. The number of aromatic nitrogens is 2. The van der Waals surface area contributed by atoms with Crippen LogP contribution in [0.1, 0.15) is 20.8 Å². The topological polar surface area (TPSA) is 116 Å². The van der Waals surface area contributed by atoms with Crippen molar-refractivity contribution in [2.45, 2.75) is 26.8 Å². The largest absolute Gasteiger partial charge is 0.379 e. The molecule has 0 spiro atoms. The van der Waals surface area contributed by atoms with Gasteiger partial charge in [-0.3, -0.25) is 15.2 Å². The summed E-state index contributed by atoms with van der Waals surface area (Å²) < 4.78 is 33.1. The van der Waals surface area contributed by atoms with Crippen LogP contribution in [0.3, 0.4) is 0 Å². The van der Waals surface area contributed by atoms with Crippen molar-refractivity contribution in [3.8, 4) is 0 Å². The van der Waals surface area contributed by atoms with Crippen LogP contribution in [-0.2, 0) is 15.0 Å². The SMILES string of the molecule is CCN(CC)S(=O)(=O)N1CCN([n+]2[n-]oc(=N)c2Br)C(C(C)=O)C1. The fourth-order valence-corrected chi connectivity index (χ4v) is 4.60. The molecule has 1 atom stereocenters. The van der Waals surface area contributed by atoms with Crippen LogP contribution in [0.2, 0.25) is 0 Å². The summed E-state index contributed by atoms with van der Waals surface area (Å²) in [6.07, 6.45) is 0. The molecule has 24 heavy (non-hydrogen) atoms. The molecule has 1 aliphatic rings. The molecule has 0 radical (unpaired) electrons. The first-order chi connectivity index (χ1) is 11.2. The number of nitrogens with one attached hydrogen (secondary N) is 1. The summed E-state index contributed by atoms with van der Waals surface area (Å²) in [7, 11) is -3.62. The molecule has 1 saturated heterocycles. The number of ketones is 1. The zero-order valence-electron chi connectivity index (χ0n) is 13.8. The zero-order valence-corrected chi connectivity index (χ0v) is 16.2. The van der Waals surface area contributed by atoms with Gasteiger partial charge in [-0.2, -0.15) is 17.0 Å². The molecule has 0 aromatic carbocycles. The lowest BCUT2D eigenvalue weighted by Crippen LogP contribution is -2.73. The molecule has 1 aromatic heterocycles. The lowest BCUT2D eigenvalue weighted by atomic mass is 10.1. The van der Waals surface area contributed by atoms with E-state index in [0.29, 0.717) is 13.1 Å².